The fraction of sp³-hybridized carbons (Fsp3) is 0.211. The second-order valence-corrected chi connectivity index (χ2v) is 7.39. The first-order valence-corrected chi connectivity index (χ1v) is 9.12. The van der Waals surface area contributed by atoms with Crippen LogP contribution in [-0.4, -0.2) is 33.9 Å². The molecule has 2 aliphatic rings. The van der Waals surface area contributed by atoms with Gasteiger partial charge in [0, 0.05) is 12.1 Å². The third kappa shape index (κ3) is 2.51. The van der Waals surface area contributed by atoms with Gasteiger partial charge >= 0.3 is 0 Å². The third-order valence-corrected chi connectivity index (χ3v) is 5.82. The highest BCUT2D eigenvalue weighted by atomic mass is 32.2. The largest absolute Gasteiger partial charge is 0.378 e. The number of amidine groups is 1. The molecular weight excluding hydrogens is 350 g/mol. The van der Waals surface area contributed by atoms with E-state index in [1.165, 1.54) is 0 Å². The fourth-order valence-corrected chi connectivity index (χ4v) is 4.39. The maximum Gasteiger partial charge on any atom is 0.265 e. The van der Waals surface area contributed by atoms with Crippen molar-refractivity contribution >= 4 is 34.4 Å². The molecule has 2 unspecified atom stereocenters. The predicted octanol–water partition coefficient (Wildman–Crippen LogP) is 1.42. The molecule has 2 heterocycles. The van der Waals surface area contributed by atoms with E-state index in [0.29, 0.717) is 24.2 Å². The van der Waals surface area contributed by atoms with Gasteiger partial charge < -0.3 is 15.7 Å². The summed E-state index contributed by atoms with van der Waals surface area (Å²) in [5, 5.41) is 10.3. The molecule has 0 aliphatic carbocycles. The van der Waals surface area contributed by atoms with Crippen molar-refractivity contribution in [3.05, 3.63) is 65.7 Å². The SMILES string of the molecule is NC1=NC(=O)C(C2(O)C(=O)N(CCc3ccccc3)c3ccccc32)S1. The Morgan fingerprint density at radius 3 is 2.50 bits per heavy atom. The first kappa shape index (κ1) is 16.8. The first-order valence-electron chi connectivity index (χ1n) is 8.24. The summed E-state index contributed by atoms with van der Waals surface area (Å²) < 4.78 is 0. The highest BCUT2D eigenvalue weighted by molar-refractivity contribution is 8.15. The minimum atomic E-state index is -1.96. The molecule has 2 amide bonds. The second kappa shape index (κ2) is 6.26. The van der Waals surface area contributed by atoms with Crippen LogP contribution in [-0.2, 0) is 21.6 Å². The van der Waals surface area contributed by atoms with Gasteiger partial charge in [-0.15, -0.1) is 0 Å². The van der Waals surface area contributed by atoms with E-state index >= 15 is 0 Å². The van der Waals surface area contributed by atoms with E-state index in [1.807, 2.05) is 36.4 Å². The summed E-state index contributed by atoms with van der Waals surface area (Å²) in [4.78, 5) is 30.6. The molecule has 2 aliphatic heterocycles. The molecule has 7 heteroatoms. The average Bonchev–Trinajstić information content (AvgIpc) is 3.10. The van der Waals surface area contributed by atoms with Gasteiger partial charge in [-0.3, -0.25) is 9.59 Å². The summed E-state index contributed by atoms with van der Waals surface area (Å²) in [5.41, 5.74) is 5.81. The Balaban J connectivity index is 1.68. The normalized spacial score (nSPS) is 24.7. The number of para-hydroxylation sites is 1. The number of anilines is 1. The van der Waals surface area contributed by atoms with E-state index < -0.39 is 22.7 Å². The summed E-state index contributed by atoms with van der Waals surface area (Å²) in [7, 11) is 0. The smallest absolute Gasteiger partial charge is 0.265 e. The van der Waals surface area contributed by atoms with Gasteiger partial charge in [0.15, 0.2) is 10.8 Å². The molecule has 0 fully saturated rings. The van der Waals surface area contributed by atoms with Crippen molar-refractivity contribution in [3.8, 4) is 0 Å². The van der Waals surface area contributed by atoms with Gasteiger partial charge in [0.1, 0.15) is 5.25 Å². The maximum absolute atomic E-state index is 13.2. The number of thioether (sulfide) groups is 1. The zero-order valence-electron chi connectivity index (χ0n) is 13.8. The molecule has 2 atom stereocenters. The summed E-state index contributed by atoms with van der Waals surface area (Å²) in [6.07, 6.45) is 0.640. The Morgan fingerprint density at radius 2 is 1.81 bits per heavy atom. The third-order valence-electron chi connectivity index (χ3n) is 4.71. The zero-order chi connectivity index (χ0) is 18.3. The number of benzene rings is 2. The van der Waals surface area contributed by atoms with Gasteiger partial charge in [-0.2, -0.15) is 4.99 Å². The van der Waals surface area contributed by atoms with Crippen molar-refractivity contribution in [3.63, 3.8) is 0 Å². The van der Waals surface area contributed by atoms with Crippen LogP contribution in [0.1, 0.15) is 11.1 Å². The van der Waals surface area contributed by atoms with Crippen LogP contribution >= 0.6 is 11.8 Å². The van der Waals surface area contributed by atoms with Crippen molar-refractivity contribution in [2.45, 2.75) is 17.3 Å². The Labute approximate surface area is 154 Å². The maximum atomic E-state index is 13.2. The molecule has 0 bridgehead atoms. The lowest BCUT2D eigenvalue weighted by molar-refractivity contribution is -0.140. The molecule has 0 radical (unpaired) electrons. The van der Waals surface area contributed by atoms with E-state index in [1.54, 1.807) is 23.1 Å². The van der Waals surface area contributed by atoms with Crippen LogP contribution < -0.4 is 10.6 Å². The molecule has 0 saturated carbocycles. The van der Waals surface area contributed by atoms with Crippen molar-refractivity contribution in [1.82, 2.24) is 0 Å². The van der Waals surface area contributed by atoms with Crippen LogP contribution in [0.15, 0.2) is 59.6 Å². The van der Waals surface area contributed by atoms with Crippen LogP contribution in [0.3, 0.4) is 0 Å². The number of hydrogen-bond donors (Lipinski definition) is 2. The van der Waals surface area contributed by atoms with Crippen molar-refractivity contribution in [1.29, 1.82) is 0 Å². The van der Waals surface area contributed by atoms with E-state index in [0.717, 1.165) is 17.3 Å². The van der Waals surface area contributed by atoms with Gasteiger partial charge in [0.25, 0.3) is 11.8 Å². The number of carbonyl (C=O) groups is 2. The molecule has 3 N–H and O–H groups in total. The number of amides is 2. The van der Waals surface area contributed by atoms with Gasteiger partial charge in [-0.1, -0.05) is 60.3 Å². The van der Waals surface area contributed by atoms with Crippen LogP contribution in [0.2, 0.25) is 0 Å². The Kier molecular flexibility index (Phi) is 4.05. The van der Waals surface area contributed by atoms with Gasteiger partial charge in [0.2, 0.25) is 0 Å². The van der Waals surface area contributed by atoms with Crippen molar-refractivity contribution < 1.29 is 14.7 Å². The molecule has 26 heavy (non-hydrogen) atoms. The molecule has 4 rings (SSSR count). The van der Waals surface area contributed by atoms with E-state index in [2.05, 4.69) is 4.99 Å². The molecule has 2 aromatic rings. The highest BCUT2D eigenvalue weighted by Crippen LogP contribution is 2.47. The lowest BCUT2D eigenvalue weighted by atomic mass is 9.91. The van der Waals surface area contributed by atoms with Crippen LogP contribution in [0.4, 0.5) is 5.69 Å². The molecule has 6 nitrogen and oxygen atoms in total. The number of carbonyl (C=O) groups excluding carboxylic acids is 2. The summed E-state index contributed by atoms with van der Waals surface area (Å²) in [6.45, 7) is 0.407. The summed E-state index contributed by atoms with van der Waals surface area (Å²) in [6, 6.07) is 16.8. The lowest BCUT2D eigenvalue weighted by Gasteiger charge is -2.26. The molecule has 2 aromatic carbocycles. The van der Waals surface area contributed by atoms with E-state index in [-0.39, 0.29) is 5.17 Å². The van der Waals surface area contributed by atoms with Gasteiger partial charge in [-0.25, -0.2) is 0 Å². The van der Waals surface area contributed by atoms with E-state index in [9.17, 15) is 14.7 Å². The average molecular weight is 367 g/mol. The number of nitrogens with two attached hydrogens (primary N) is 1. The number of aliphatic hydroxyl groups is 1. The van der Waals surface area contributed by atoms with Crippen LogP contribution in [0, 0.1) is 0 Å². The van der Waals surface area contributed by atoms with Crippen LogP contribution in [0.5, 0.6) is 0 Å². The number of rotatable bonds is 4. The molecule has 0 spiro atoms. The Morgan fingerprint density at radius 1 is 1.12 bits per heavy atom. The number of hydrogen-bond acceptors (Lipinski definition) is 5. The van der Waals surface area contributed by atoms with Gasteiger partial charge in [-0.05, 0) is 18.1 Å². The monoisotopic (exact) mass is 367 g/mol. The molecular formula is C19H17N3O3S. The zero-order valence-corrected chi connectivity index (χ0v) is 14.6. The number of aliphatic imine (C=N–C) groups is 1. The number of fused-ring (bicyclic) bond motifs is 1. The quantitative estimate of drug-likeness (QED) is 0.852. The Bertz CT molecular complexity index is 915. The molecule has 0 saturated heterocycles. The highest BCUT2D eigenvalue weighted by Gasteiger charge is 2.58. The minimum Gasteiger partial charge on any atom is -0.378 e. The summed E-state index contributed by atoms with van der Waals surface area (Å²) >= 11 is 0.934. The van der Waals surface area contributed by atoms with Crippen LogP contribution in [0.25, 0.3) is 0 Å². The van der Waals surface area contributed by atoms with Gasteiger partial charge in [0.05, 0.1) is 5.69 Å². The summed E-state index contributed by atoms with van der Waals surface area (Å²) in [5.74, 6) is -1.09. The predicted molar refractivity (Wildman–Crippen MR) is 101 cm³/mol. The van der Waals surface area contributed by atoms with E-state index in [4.69, 9.17) is 5.73 Å². The lowest BCUT2D eigenvalue weighted by Crippen LogP contribution is -2.49. The van der Waals surface area contributed by atoms with Crippen molar-refractivity contribution in [2.75, 3.05) is 11.4 Å². The Hall–Kier alpha value is -2.64. The number of nitrogens with zero attached hydrogens (tertiary/aromatic N) is 2. The molecule has 132 valence electrons. The van der Waals surface area contributed by atoms with Crippen molar-refractivity contribution in [2.24, 2.45) is 10.7 Å². The topological polar surface area (TPSA) is 96.0 Å². The second-order valence-electron chi connectivity index (χ2n) is 6.26. The minimum absolute atomic E-state index is 0.0708. The standard InChI is InChI=1S/C19H17N3O3S/c20-18-21-16(23)15(26-18)19(25)13-8-4-5-9-14(13)22(17(19)24)11-10-12-6-2-1-3-7-12/h1-9,15,25H,10-11H2,(H2,20,21,23). The first-order chi connectivity index (χ1) is 12.5. The molecule has 0 aromatic heterocycles. The fourth-order valence-electron chi connectivity index (χ4n) is 3.45.